The Hall–Kier alpha value is -3.54. The van der Waals surface area contributed by atoms with Crippen LogP contribution in [-0.2, 0) is 13.5 Å². The van der Waals surface area contributed by atoms with Crippen LogP contribution < -0.4 is 4.74 Å². The molecule has 2 aromatic heterocycles. The SMILES string of the molecule is COc1ccc(-c2ccccc2)c2ncc(CC(=O)c3ccnn3C)nc12. The first-order valence-corrected chi connectivity index (χ1v) is 8.56. The minimum Gasteiger partial charge on any atom is -0.494 e. The number of hydrogen-bond donors (Lipinski definition) is 0. The zero-order valence-corrected chi connectivity index (χ0v) is 15.1. The zero-order chi connectivity index (χ0) is 18.8. The van der Waals surface area contributed by atoms with Gasteiger partial charge in [-0.15, -0.1) is 0 Å². The molecule has 0 saturated carbocycles. The molecule has 0 atom stereocenters. The maximum atomic E-state index is 12.5. The van der Waals surface area contributed by atoms with Crippen LogP contribution >= 0.6 is 0 Å². The first-order valence-electron chi connectivity index (χ1n) is 8.56. The van der Waals surface area contributed by atoms with E-state index in [1.54, 1.807) is 37.3 Å². The molecular formula is C21H18N4O2. The fourth-order valence-corrected chi connectivity index (χ4v) is 3.11. The van der Waals surface area contributed by atoms with Gasteiger partial charge in [0.2, 0.25) is 0 Å². The predicted molar refractivity (Wildman–Crippen MR) is 103 cm³/mol. The van der Waals surface area contributed by atoms with Crippen LogP contribution in [0.15, 0.2) is 60.9 Å². The van der Waals surface area contributed by atoms with Crippen LogP contribution in [0.25, 0.3) is 22.2 Å². The normalized spacial score (nSPS) is 10.9. The molecule has 6 heteroatoms. The number of Topliss-reactive ketones (excluding diaryl/α,β-unsaturated/α-hetero) is 1. The quantitative estimate of drug-likeness (QED) is 0.511. The number of carbonyl (C=O) groups excluding carboxylic acids is 1. The second-order valence-electron chi connectivity index (χ2n) is 6.18. The van der Waals surface area contributed by atoms with Crippen molar-refractivity contribution in [1.82, 2.24) is 19.7 Å². The van der Waals surface area contributed by atoms with E-state index < -0.39 is 0 Å². The largest absolute Gasteiger partial charge is 0.494 e. The van der Waals surface area contributed by atoms with Gasteiger partial charge in [-0.1, -0.05) is 30.3 Å². The maximum Gasteiger partial charge on any atom is 0.186 e. The lowest BCUT2D eigenvalue weighted by molar-refractivity contribution is 0.0983. The average molecular weight is 358 g/mol. The number of hydrogen-bond acceptors (Lipinski definition) is 5. The number of fused-ring (bicyclic) bond motifs is 1. The molecule has 2 aromatic carbocycles. The monoisotopic (exact) mass is 358 g/mol. The van der Waals surface area contributed by atoms with E-state index in [-0.39, 0.29) is 12.2 Å². The van der Waals surface area contributed by atoms with Gasteiger partial charge in [0.25, 0.3) is 0 Å². The molecule has 0 aliphatic rings. The second-order valence-corrected chi connectivity index (χ2v) is 6.18. The summed E-state index contributed by atoms with van der Waals surface area (Å²) in [4.78, 5) is 21.8. The number of aryl methyl sites for hydroxylation is 1. The van der Waals surface area contributed by atoms with Crippen molar-refractivity contribution in [2.24, 2.45) is 7.05 Å². The number of methoxy groups -OCH3 is 1. The summed E-state index contributed by atoms with van der Waals surface area (Å²) in [5, 5.41) is 4.04. The van der Waals surface area contributed by atoms with E-state index in [2.05, 4.69) is 15.1 Å². The average Bonchev–Trinajstić information content (AvgIpc) is 3.13. The minimum atomic E-state index is -0.0539. The topological polar surface area (TPSA) is 69.9 Å². The van der Waals surface area contributed by atoms with Crippen molar-refractivity contribution in [2.45, 2.75) is 6.42 Å². The number of nitrogens with zero attached hydrogens (tertiary/aromatic N) is 4. The summed E-state index contributed by atoms with van der Waals surface area (Å²) in [6, 6.07) is 15.6. The molecule has 0 radical (unpaired) electrons. The molecule has 27 heavy (non-hydrogen) atoms. The molecule has 0 aliphatic carbocycles. The summed E-state index contributed by atoms with van der Waals surface area (Å²) in [7, 11) is 3.35. The van der Waals surface area contributed by atoms with Crippen LogP contribution in [0.1, 0.15) is 16.2 Å². The fourth-order valence-electron chi connectivity index (χ4n) is 3.11. The lowest BCUT2D eigenvalue weighted by Crippen LogP contribution is -2.11. The first-order chi connectivity index (χ1) is 13.2. The van der Waals surface area contributed by atoms with Crippen LogP contribution in [-0.4, -0.2) is 32.6 Å². The summed E-state index contributed by atoms with van der Waals surface area (Å²) in [5.74, 6) is 0.578. The molecule has 134 valence electrons. The summed E-state index contributed by atoms with van der Waals surface area (Å²) < 4.78 is 7.03. The van der Waals surface area contributed by atoms with Crippen molar-refractivity contribution < 1.29 is 9.53 Å². The van der Waals surface area contributed by atoms with Crippen molar-refractivity contribution in [3.8, 4) is 16.9 Å². The minimum absolute atomic E-state index is 0.0539. The van der Waals surface area contributed by atoms with Crippen LogP contribution in [0.4, 0.5) is 0 Å². The molecule has 4 rings (SSSR count). The predicted octanol–water partition coefficient (Wildman–Crippen LogP) is 3.46. The third-order valence-corrected chi connectivity index (χ3v) is 4.47. The molecule has 0 bridgehead atoms. The van der Waals surface area contributed by atoms with Crippen LogP contribution in [0.3, 0.4) is 0 Å². The summed E-state index contributed by atoms with van der Waals surface area (Å²) in [6.45, 7) is 0. The molecule has 0 aliphatic heterocycles. The molecule has 2 heterocycles. The Morgan fingerprint density at radius 1 is 1.07 bits per heavy atom. The second kappa shape index (κ2) is 6.99. The Kier molecular flexibility index (Phi) is 4.38. The number of rotatable bonds is 5. The summed E-state index contributed by atoms with van der Waals surface area (Å²) in [5.41, 5.74) is 4.56. The number of ketones is 1. The van der Waals surface area contributed by atoms with Gasteiger partial charge in [0.05, 0.1) is 19.2 Å². The van der Waals surface area contributed by atoms with E-state index in [4.69, 9.17) is 4.74 Å². The molecule has 0 spiro atoms. The van der Waals surface area contributed by atoms with Gasteiger partial charge in [-0.2, -0.15) is 5.10 Å². The van der Waals surface area contributed by atoms with Gasteiger partial charge < -0.3 is 4.74 Å². The Morgan fingerprint density at radius 2 is 1.89 bits per heavy atom. The highest BCUT2D eigenvalue weighted by atomic mass is 16.5. The molecule has 0 amide bonds. The van der Waals surface area contributed by atoms with Gasteiger partial charge in [-0.3, -0.25) is 14.5 Å². The van der Waals surface area contributed by atoms with E-state index in [9.17, 15) is 4.79 Å². The van der Waals surface area contributed by atoms with Crippen molar-refractivity contribution in [2.75, 3.05) is 7.11 Å². The van der Waals surface area contributed by atoms with Gasteiger partial charge in [-0.25, -0.2) is 4.98 Å². The molecule has 0 fully saturated rings. The molecule has 4 aromatic rings. The first kappa shape index (κ1) is 16.9. The number of aromatic nitrogens is 4. The van der Waals surface area contributed by atoms with E-state index >= 15 is 0 Å². The number of carbonyl (C=O) groups is 1. The van der Waals surface area contributed by atoms with E-state index in [0.29, 0.717) is 22.7 Å². The highest BCUT2D eigenvalue weighted by molar-refractivity contribution is 5.97. The Bertz CT molecular complexity index is 1120. The molecule has 6 nitrogen and oxygen atoms in total. The Balaban J connectivity index is 1.77. The molecular weight excluding hydrogens is 340 g/mol. The zero-order valence-electron chi connectivity index (χ0n) is 15.1. The van der Waals surface area contributed by atoms with Gasteiger partial charge in [0.1, 0.15) is 22.5 Å². The Morgan fingerprint density at radius 3 is 2.59 bits per heavy atom. The molecule has 0 saturated heterocycles. The van der Waals surface area contributed by atoms with Crippen molar-refractivity contribution >= 4 is 16.8 Å². The third kappa shape index (κ3) is 3.17. The third-order valence-electron chi connectivity index (χ3n) is 4.47. The fraction of sp³-hybridized carbons (Fsp3) is 0.143. The standard InChI is InChI=1S/C21H18N4O2/c1-25-17(10-11-23-25)18(26)12-15-13-22-20-16(14-6-4-3-5-7-14)8-9-19(27-2)21(20)24-15/h3-11,13H,12H2,1-2H3. The highest BCUT2D eigenvalue weighted by Crippen LogP contribution is 2.32. The van der Waals surface area contributed by atoms with Crippen molar-refractivity contribution in [1.29, 1.82) is 0 Å². The van der Waals surface area contributed by atoms with Crippen molar-refractivity contribution in [3.05, 3.63) is 72.3 Å². The molecule has 0 N–H and O–H groups in total. The van der Waals surface area contributed by atoms with Crippen LogP contribution in [0.2, 0.25) is 0 Å². The van der Waals surface area contributed by atoms with Gasteiger partial charge in [-0.05, 0) is 23.8 Å². The van der Waals surface area contributed by atoms with Crippen molar-refractivity contribution in [3.63, 3.8) is 0 Å². The van der Waals surface area contributed by atoms with E-state index in [1.165, 1.54) is 0 Å². The van der Waals surface area contributed by atoms with E-state index in [1.807, 2.05) is 42.5 Å². The summed E-state index contributed by atoms with van der Waals surface area (Å²) in [6.07, 6.45) is 3.41. The number of benzene rings is 2. The van der Waals surface area contributed by atoms with Gasteiger partial charge in [0.15, 0.2) is 5.78 Å². The van der Waals surface area contributed by atoms with Gasteiger partial charge >= 0.3 is 0 Å². The highest BCUT2D eigenvalue weighted by Gasteiger charge is 2.15. The van der Waals surface area contributed by atoms with Crippen LogP contribution in [0, 0.1) is 0 Å². The summed E-state index contributed by atoms with van der Waals surface area (Å²) >= 11 is 0. The Labute approximate surface area is 156 Å². The van der Waals surface area contributed by atoms with Crippen LogP contribution in [0.5, 0.6) is 5.75 Å². The number of ether oxygens (including phenoxy) is 1. The van der Waals surface area contributed by atoms with E-state index in [0.717, 1.165) is 16.6 Å². The molecule has 0 unspecified atom stereocenters. The maximum absolute atomic E-state index is 12.5. The lowest BCUT2D eigenvalue weighted by atomic mass is 10.0. The van der Waals surface area contributed by atoms with Gasteiger partial charge in [0, 0.05) is 25.0 Å². The lowest BCUT2D eigenvalue weighted by Gasteiger charge is -2.10. The smallest absolute Gasteiger partial charge is 0.186 e.